The molecule has 0 fully saturated rings. The van der Waals surface area contributed by atoms with Crippen LogP contribution in [-0.4, -0.2) is 38.6 Å². The highest BCUT2D eigenvalue weighted by atomic mass is 19.4. The van der Waals surface area contributed by atoms with E-state index in [4.69, 9.17) is 0 Å². The van der Waals surface area contributed by atoms with Crippen molar-refractivity contribution in [3.05, 3.63) is 107 Å². The van der Waals surface area contributed by atoms with Crippen molar-refractivity contribution in [1.82, 2.24) is 20.4 Å². The molecule has 4 aromatic rings. The van der Waals surface area contributed by atoms with Crippen molar-refractivity contribution in [2.24, 2.45) is 0 Å². The lowest BCUT2D eigenvalue weighted by Crippen LogP contribution is -2.48. The zero-order valence-electron chi connectivity index (χ0n) is 19.5. The molecule has 0 aliphatic carbocycles. The molecule has 2 N–H and O–H groups in total. The first kappa shape index (κ1) is 24.7. The minimum Gasteiger partial charge on any atom is -0.374 e. The van der Waals surface area contributed by atoms with Gasteiger partial charge in [-0.05, 0) is 35.2 Å². The monoisotopic (exact) mass is 508 g/mol. The number of nitrogens with zero attached hydrogens (tertiary/aromatic N) is 3. The van der Waals surface area contributed by atoms with Gasteiger partial charge in [0.15, 0.2) is 0 Å². The van der Waals surface area contributed by atoms with E-state index in [2.05, 4.69) is 26.0 Å². The maximum atomic E-state index is 12.9. The van der Waals surface area contributed by atoms with Crippen LogP contribution in [0.25, 0.3) is 11.4 Å². The standard InChI is InChI=1S/C27H23F3N4O3/c28-27(29,30)26-32-23(33-37-26)17-10-12-18(13-11-17)24(35)31-15-22-14-20-8-4-5-9-21(20)16-34(22)25(36)19-6-2-1-3-7-19/h1-13,22,25,36H,14-16H2,(H,31,35). The van der Waals surface area contributed by atoms with Crippen LogP contribution in [0.15, 0.2) is 83.4 Å². The Morgan fingerprint density at radius 3 is 2.38 bits per heavy atom. The van der Waals surface area contributed by atoms with Gasteiger partial charge in [0.2, 0.25) is 5.82 Å². The van der Waals surface area contributed by atoms with Crippen LogP contribution >= 0.6 is 0 Å². The summed E-state index contributed by atoms with van der Waals surface area (Å²) in [6, 6.07) is 23.1. The van der Waals surface area contributed by atoms with E-state index in [1.165, 1.54) is 29.8 Å². The number of aromatic nitrogens is 2. The van der Waals surface area contributed by atoms with Crippen molar-refractivity contribution < 1.29 is 27.6 Å². The number of carbonyl (C=O) groups excluding carboxylic acids is 1. The molecule has 1 aliphatic heterocycles. The van der Waals surface area contributed by atoms with Gasteiger partial charge in [-0.2, -0.15) is 18.2 Å². The lowest BCUT2D eigenvalue weighted by molar-refractivity contribution is -0.159. The van der Waals surface area contributed by atoms with Crippen LogP contribution in [0.1, 0.15) is 39.2 Å². The number of carbonyl (C=O) groups is 1. The lowest BCUT2D eigenvalue weighted by atomic mass is 9.93. The molecule has 3 aromatic carbocycles. The molecule has 1 aromatic heterocycles. The molecule has 2 atom stereocenters. The molecule has 7 nitrogen and oxygen atoms in total. The Morgan fingerprint density at radius 2 is 1.70 bits per heavy atom. The van der Waals surface area contributed by atoms with Gasteiger partial charge in [-0.1, -0.05) is 71.9 Å². The quantitative estimate of drug-likeness (QED) is 0.396. The van der Waals surface area contributed by atoms with Gasteiger partial charge in [-0.3, -0.25) is 9.69 Å². The minimum absolute atomic E-state index is 0.159. The van der Waals surface area contributed by atoms with E-state index in [1.807, 2.05) is 53.4 Å². The van der Waals surface area contributed by atoms with Crippen molar-refractivity contribution >= 4 is 5.91 Å². The van der Waals surface area contributed by atoms with Gasteiger partial charge in [0.1, 0.15) is 6.23 Å². The molecule has 10 heteroatoms. The smallest absolute Gasteiger partial charge is 0.374 e. The van der Waals surface area contributed by atoms with Crippen molar-refractivity contribution in [2.45, 2.75) is 31.4 Å². The number of halogens is 3. The third-order valence-corrected chi connectivity index (χ3v) is 6.38. The number of amides is 1. The average Bonchev–Trinajstić information content (AvgIpc) is 3.43. The summed E-state index contributed by atoms with van der Waals surface area (Å²) in [6.45, 7) is 0.824. The van der Waals surface area contributed by atoms with Crippen molar-refractivity contribution in [3.63, 3.8) is 0 Å². The fraction of sp³-hybridized carbons (Fsp3) is 0.222. The summed E-state index contributed by atoms with van der Waals surface area (Å²) in [5.41, 5.74) is 3.68. The molecule has 0 radical (unpaired) electrons. The Labute approximate surface area is 210 Å². The van der Waals surface area contributed by atoms with E-state index in [9.17, 15) is 23.1 Å². The predicted octanol–water partition coefficient (Wildman–Crippen LogP) is 4.60. The van der Waals surface area contributed by atoms with E-state index in [0.717, 1.165) is 11.1 Å². The van der Waals surface area contributed by atoms with Crippen LogP contribution in [0.3, 0.4) is 0 Å². The Hall–Kier alpha value is -4.02. The van der Waals surface area contributed by atoms with Crippen LogP contribution in [0.2, 0.25) is 0 Å². The summed E-state index contributed by atoms with van der Waals surface area (Å²) in [4.78, 5) is 18.2. The van der Waals surface area contributed by atoms with E-state index < -0.39 is 18.3 Å². The molecule has 1 aliphatic rings. The number of hydrogen-bond acceptors (Lipinski definition) is 6. The fourth-order valence-corrected chi connectivity index (χ4v) is 4.44. The van der Waals surface area contributed by atoms with Gasteiger partial charge in [-0.15, -0.1) is 0 Å². The third-order valence-electron chi connectivity index (χ3n) is 6.38. The lowest BCUT2D eigenvalue weighted by Gasteiger charge is -2.40. The summed E-state index contributed by atoms with van der Waals surface area (Å²) in [7, 11) is 0. The maximum absolute atomic E-state index is 12.9. The molecule has 2 heterocycles. The normalized spacial score (nSPS) is 16.7. The van der Waals surface area contributed by atoms with E-state index in [1.54, 1.807) is 0 Å². The maximum Gasteiger partial charge on any atom is 0.471 e. The van der Waals surface area contributed by atoms with Crippen molar-refractivity contribution in [1.29, 1.82) is 0 Å². The molecular formula is C27H23F3N4O3. The first-order chi connectivity index (χ1) is 17.8. The topological polar surface area (TPSA) is 91.5 Å². The largest absolute Gasteiger partial charge is 0.471 e. The van der Waals surface area contributed by atoms with Gasteiger partial charge in [0.05, 0.1) is 0 Å². The van der Waals surface area contributed by atoms with Crippen LogP contribution in [0, 0.1) is 0 Å². The molecule has 0 saturated carbocycles. The summed E-state index contributed by atoms with van der Waals surface area (Å²) in [5.74, 6) is -1.99. The molecule has 37 heavy (non-hydrogen) atoms. The molecule has 2 unspecified atom stereocenters. The zero-order valence-corrected chi connectivity index (χ0v) is 19.5. The van der Waals surface area contributed by atoms with Gasteiger partial charge in [-0.25, -0.2) is 0 Å². The van der Waals surface area contributed by atoms with E-state index in [-0.39, 0.29) is 23.3 Å². The molecule has 0 spiro atoms. The third kappa shape index (κ3) is 5.40. The number of hydrogen-bond donors (Lipinski definition) is 2. The van der Waals surface area contributed by atoms with E-state index >= 15 is 0 Å². The van der Waals surface area contributed by atoms with Crippen molar-refractivity contribution in [3.8, 4) is 11.4 Å². The molecule has 5 rings (SSSR count). The van der Waals surface area contributed by atoms with Gasteiger partial charge < -0.3 is 14.9 Å². The van der Waals surface area contributed by atoms with Crippen LogP contribution < -0.4 is 5.32 Å². The summed E-state index contributed by atoms with van der Waals surface area (Å²) < 4.78 is 42.4. The second-order valence-electron chi connectivity index (χ2n) is 8.79. The van der Waals surface area contributed by atoms with E-state index in [0.29, 0.717) is 25.1 Å². The second kappa shape index (κ2) is 10.2. The number of nitrogens with one attached hydrogen (secondary N) is 1. The highest BCUT2D eigenvalue weighted by Gasteiger charge is 2.38. The van der Waals surface area contributed by atoms with Crippen molar-refractivity contribution in [2.75, 3.05) is 6.54 Å². The van der Waals surface area contributed by atoms with Crippen LogP contribution in [-0.2, 0) is 19.1 Å². The number of benzene rings is 3. The first-order valence-corrected chi connectivity index (χ1v) is 11.6. The first-order valence-electron chi connectivity index (χ1n) is 11.6. The summed E-state index contributed by atoms with van der Waals surface area (Å²) in [6.07, 6.45) is -4.92. The van der Waals surface area contributed by atoms with Gasteiger partial charge >= 0.3 is 12.1 Å². The molecular weight excluding hydrogens is 485 g/mol. The predicted molar refractivity (Wildman–Crippen MR) is 128 cm³/mol. The second-order valence-corrected chi connectivity index (χ2v) is 8.79. The fourth-order valence-electron chi connectivity index (χ4n) is 4.44. The number of alkyl halides is 3. The number of aliphatic hydroxyl groups is 1. The number of rotatable bonds is 6. The Morgan fingerprint density at radius 1 is 1.03 bits per heavy atom. The summed E-state index contributed by atoms with van der Waals surface area (Å²) >= 11 is 0. The summed E-state index contributed by atoms with van der Waals surface area (Å²) in [5, 5.41) is 17.4. The Balaban J connectivity index is 1.29. The van der Waals surface area contributed by atoms with Gasteiger partial charge in [0.25, 0.3) is 5.91 Å². The minimum atomic E-state index is -4.73. The van der Waals surface area contributed by atoms with Gasteiger partial charge in [0, 0.05) is 30.3 Å². The molecule has 0 saturated heterocycles. The SMILES string of the molecule is O=C(NCC1Cc2ccccc2CN1C(O)c1ccccc1)c1ccc(-c2noc(C(F)(F)F)n2)cc1. The number of aliphatic hydroxyl groups excluding tert-OH is 1. The van der Waals surface area contributed by atoms with Crippen LogP contribution in [0.4, 0.5) is 13.2 Å². The highest BCUT2D eigenvalue weighted by Crippen LogP contribution is 2.31. The molecule has 0 bridgehead atoms. The Kier molecular flexibility index (Phi) is 6.77. The highest BCUT2D eigenvalue weighted by molar-refractivity contribution is 5.94. The average molecular weight is 509 g/mol. The number of fused-ring (bicyclic) bond motifs is 1. The Bertz CT molecular complexity index is 1370. The molecule has 190 valence electrons. The molecule has 1 amide bonds. The van der Waals surface area contributed by atoms with Crippen LogP contribution in [0.5, 0.6) is 0 Å². The zero-order chi connectivity index (χ0) is 26.0.